The molecule has 2 aromatic heterocycles. The molecule has 0 unspecified atom stereocenters. The normalized spacial score (nSPS) is 12.3. The Hall–Kier alpha value is -2.69. The number of fused-ring (bicyclic) bond motifs is 1. The highest BCUT2D eigenvalue weighted by Crippen LogP contribution is 2.34. The van der Waals surface area contributed by atoms with Gasteiger partial charge in [-0.25, -0.2) is 18.4 Å². The number of nitrogens with one attached hydrogen (secondary N) is 1. The minimum atomic E-state index is -4.69. The average molecular weight is 470 g/mol. The third-order valence-electron chi connectivity index (χ3n) is 4.10. The summed E-state index contributed by atoms with van der Waals surface area (Å²) in [5.41, 5.74) is 0.568. The van der Waals surface area contributed by atoms with Crippen LogP contribution in [0, 0.1) is 0 Å². The van der Waals surface area contributed by atoms with Crippen molar-refractivity contribution in [2.75, 3.05) is 4.72 Å². The van der Waals surface area contributed by atoms with Gasteiger partial charge in [-0.15, -0.1) is 0 Å². The predicted molar refractivity (Wildman–Crippen MR) is 110 cm³/mol. The van der Waals surface area contributed by atoms with Crippen LogP contribution in [0.15, 0.2) is 65.7 Å². The summed E-state index contributed by atoms with van der Waals surface area (Å²) in [4.78, 5) is 8.83. The van der Waals surface area contributed by atoms with Gasteiger partial charge < -0.3 is 0 Å². The van der Waals surface area contributed by atoms with E-state index < -0.39 is 26.7 Å². The molecular weight excluding hydrogens is 459 g/mol. The second-order valence-electron chi connectivity index (χ2n) is 6.17. The van der Waals surface area contributed by atoms with Crippen molar-refractivity contribution in [1.82, 2.24) is 9.97 Å². The minimum absolute atomic E-state index is 0.173. The lowest BCUT2D eigenvalue weighted by Gasteiger charge is -2.12. The monoisotopic (exact) mass is 469 g/mol. The standard InChI is InChI=1S/C19H11ClF3N3O2S2/c20-14-8-5-12(19(21,22)23)10-16(14)30(27,28)26-13-6-3-11(4-7-13)17-25-15-2-1-9-24-18(15)29-17/h1-10,26H. The van der Waals surface area contributed by atoms with Crippen molar-refractivity contribution in [2.45, 2.75) is 11.1 Å². The van der Waals surface area contributed by atoms with E-state index in [0.717, 1.165) is 28.0 Å². The molecule has 154 valence electrons. The van der Waals surface area contributed by atoms with Crippen molar-refractivity contribution in [3.63, 3.8) is 0 Å². The molecule has 0 saturated heterocycles. The molecule has 1 N–H and O–H groups in total. The average Bonchev–Trinajstić information content (AvgIpc) is 3.11. The molecule has 4 rings (SSSR count). The van der Waals surface area contributed by atoms with Gasteiger partial charge in [-0.1, -0.05) is 22.9 Å². The van der Waals surface area contributed by atoms with E-state index in [1.807, 2.05) is 6.07 Å². The zero-order chi connectivity index (χ0) is 21.5. The van der Waals surface area contributed by atoms with E-state index in [2.05, 4.69) is 14.7 Å². The quantitative estimate of drug-likeness (QED) is 0.408. The Bertz CT molecular complexity index is 1300. The molecule has 0 amide bonds. The first-order valence-corrected chi connectivity index (χ1v) is 11.0. The van der Waals surface area contributed by atoms with Gasteiger partial charge in [0.15, 0.2) is 0 Å². The molecule has 0 radical (unpaired) electrons. The fourth-order valence-corrected chi connectivity index (χ4v) is 5.17. The molecule has 0 fully saturated rings. The highest BCUT2D eigenvalue weighted by atomic mass is 35.5. The summed E-state index contributed by atoms with van der Waals surface area (Å²) < 4.78 is 66.2. The van der Waals surface area contributed by atoms with Crippen molar-refractivity contribution in [2.24, 2.45) is 0 Å². The smallest absolute Gasteiger partial charge is 0.280 e. The summed E-state index contributed by atoms with van der Waals surface area (Å²) in [5, 5.41) is 0.396. The maximum absolute atomic E-state index is 12.9. The van der Waals surface area contributed by atoms with E-state index >= 15 is 0 Å². The Kier molecular flexibility index (Phi) is 5.16. The first-order chi connectivity index (χ1) is 14.1. The van der Waals surface area contributed by atoms with Crippen LogP contribution in [0.4, 0.5) is 18.9 Å². The number of sulfonamides is 1. The molecule has 2 heterocycles. The summed E-state index contributed by atoms with van der Waals surface area (Å²) in [6, 6.07) is 12.1. The van der Waals surface area contributed by atoms with Gasteiger partial charge in [-0.2, -0.15) is 13.2 Å². The molecule has 2 aromatic carbocycles. The number of hydrogen-bond donors (Lipinski definition) is 1. The molecule has 5 nitrogen and oxygen atoms in total. The number of hydrogen-bond acceptors (Lipinski definition) is 5. The number of anilines is 1. The number of pyridine rings is 1. The van der Waals surface area contributed by atoms with Gasteiger partial charge in [0.1, 0.15) is 20.3 Å². The van der Waals surface area contributed by atoms with Crippen molar-refractivity contribution in [3.8, 4) is 10.6 Å². The lowest BCUT2D eigenvalue weighted by molar-refractivity contribution is -0.137. The lowest BCUT2D eigenvalue weighted by Crippen LogP contribution is -2.15. The maximum Gasteiger partial charge on any atom is 0.416 e. The molecular formula is C19H11ClF3N3O2S2. The number of thiazole rings is 1. The van der Waals surface area contributed by atoms with Crippen molar-refractivity contribution >= 4 is 49.0 Å². The Labute approximate surface area is 178 Å². The molecule has 0 atom stereocenters. The summed E-state index contributed by atoms with van der Waals surface area (Å²) in [5.74, 6) is 0. The van der Waals surface area contributed by atoms with Crippen molar-refractivity contribution < 1.29 is 21.6 Å². The maximum atomic E-state index is 12.9. The van der Waals surface area contributed by atoms with Crippen LogP contribution in [-0.4, -0.2) is 18.4 Å². The fraction of sp³-hybridized carbons (Fsp3) is 0.0526. The van der Waals surface area contributed by atoms with Crippen LogP contribution < -0.4 is 4.72 Å². The van der Waals surface area contributed by atoms with E-state index in [4.69, 9.17) is 11.6 Å². The predicted octanol–water partition coefficient (Wildman–Crippen LogP) is 5.83. The van der Waals surface area contributed by atoms with E-state index in [1.165, 1.54) is 23.5 Å². The molecule has 4 aromatic rings. The molecule has 0 spiro atoms. The van der Waals surface area contributed by atoms with Crippen LogP contribution in [-0.2, 0) is 16.2 Å². The van der Waals surface area contributed by atoms with Crippen molar-refractivity contribution in [1.29, 1.82) is 0 Å². The molecule has 11 heteroatoms. The second kappa shape index (κ2) is 7.53. The van der Waals surface area contributed by atoms with Crippen LogP contribution in [0.5, 0.6) is 0 Å². The number of aromatic nitrogens is 2. The van der Waals surface area contributed by atoms with Gasteiger partial charge in [0, 0.05) is 17.4 Å². The highest BCUT2D eigenvalue weighted by molar-refractivity contribution is 7.92. The first-order valence-electron chi connectivity index (χ1n) is 8.35. The van der Waals surface area contributed by atoms with Crippen LogP contribution in [0.1, 0.15) is 5.56 Å². The zero-order valence-electron chi connectivity index (χ0n) is 14.8. The Morgan fingerprint density at radius 2 is 1.77 bits per heavy atom. The van der Waals surface area contributed by atoms with Crippen LogP contribution in [0.2, 0.25) is 5.02 Å². The minimum Gasteiger partial charge on any atom is -0.280 e. The van der Waals surface area contributed by atoms with Crippen LogP contribution in [0.3, 0.4) is 0 Å². The molecule has 0 aliphatic rings. The summed E-state index contributed by atoms with van der Waals surface area (Å²) in [6.45, 7) is 0. The van der Waals surface area contributed by atoms with Gasteiger partial charge in [0.25, 0.3) is 10.0 Å². The fourth-order valence-electron chi connectivity index (χ4n) is 2.67. The van der Waals surface area contributed by atoms with Gasteiger partial charge in [0.05, 0.1) is 10.6 Å². The largest absolute Gasteiger partial charge is 0.416 e. The summed E-state index contributed by atoms with van der Waals surface area (Å²) >= 11 is 7.23. The summed E-state index contributed by atoms with van der Waals surface area (Å²) in [6.07, 6.45) is -3.02. The van der Waals surface area contributed by atoms with E-state index in [-0.39, 0.29) is 10.7 Å². The van der Waals surface area contributed by atoms with E-state index in [9.17, 15) is 21.6 Å². The first kappa shape index (κ1) is 20.6. The molecule has 0 saturated carbocycles. The molecule has 0 aliphatic heterocycles. The topological polar surface area (TPSA) is 72.0 Å². The van der Waals surface area contributed by atoms with Crippen LogP contribution in [0.25, 0.3) is 20.9 Å². The SMILES string of the molecule is O=S(=O)(Nc1ccc(-c2nc3cccnc3s2)cc1)c1cc(C(F)(F)F)ccc1Cl. The number of alkyl halides is 3. The molecule has 30 heavy (non-hydrogen) atoms. The Balaban J connectivity index is 1.61. The third kappa shape index (κ3) is 4.11. The van der Waals surface area contributed by atoms with Gasteiger partial charge in [-0.3, -0.25) is 4.72 Å². The van der Waals surface area contributed by atoms with Gasteiger partial charge in [-0.05, 0) is 54.6 Å². The third-order valence-corrected chi connectivity index (χ3v) is 6.99. The number of rotatable bonds is 4. The lowest BCUT2D eigenvalue weighted by atomic mass is 10.2. The zero-order valence-corrected chi connectivity index (χ0v) is 17.2. The van der Waals surface area contributed by atoms with E-state index in [1.54, 1.807) is 24.4 Å². The number of halogens is 4. The molecule has 0 aliphatic carbocycles. The van der Waals surface area contributed by atoms with E-state index in [0.29, 0.717) is 11.1 Å². The number of nitrogens with zero attached hydrogens (tertiary/aromatic N) is 2. The van der Waals surface area contributed by atoms with Crippen molar-refractivity contribution in [3.05, 3.63) is 71.4 Å². The Morgan fingerprint density at radius 3 is 2.43 bits per heavy atom. The van der Waals surface area contributed by atoms with Crippen LogP contribution >= 0.6 is 22.9 Å². The summed E-state index contributed by atoms with van der Waals surface area (Å²) in [7, 11) is -4.33. The Morgan fingerprint density at radius 1 is 1.03 bits per heavy atom. The molecule has 0 bridgehead atoms. The highest BCUT2D eigenvalue weighted by Gasteiger charge is 2.32. The van der Waals surface area contributed by atoms with Gasteiger partial charge >= 0.3 is 6.18 Å². The second-order valence-corrected chi connectivity index (χ2v) is 9.21. The van der Waals surface area contributed by atoms with Gasteiger partial charge in [0.2, 0.25) is 0 Å². The number of benzene rings is 2.